The van der Waals surface area contributed by atoms with Gasteiger partial charge < -0.3 is 20.3 Å². The number of nitrogens with two attached hydrogens (primary N) is 1. The number of nitrogens with zero attached hydrogens (tertiary/aromatic N) is 3. The lowest BCUT2D eigenvalue weighted by Gasteiger charge is -2.34. The van der Waals surface area contributed by atoms with E-state index in [-0.39, 0.29) is 17.4 Å². The second kappa shape index (κ2) is 10.7. The Bertz CT molecular complexity index is 1250. The van der Waals surface area contributed by atoms with Gasteiger partial charge in [0.1, 0.15) is 0 Å². The van der Waals surface area contributed by atoms with Crippen molar-refractivity contribution in [3.05, 3.63) is 65.2 Å². The number of ether oxygens (including phenoxy) is 1. The normalized spacial score (nSPS) is 14.2. The van der Waals surface area contributed by atoms with Crippen LogP contribution in [-0.2, 0) is 10.2 Å². The molecule has 1 aliphatic rings. The molecule has 2 N–H and O–H groups in total. The van der Waals surface area contributed by atoms with Gasteiger partial charge in [-0.25, -0.2) is 9.78 Å². The predicted octanol–water partition coefficient (Wildman–Crippen LogP) is 4.75. The van der Waals surface area contributed by atoms with Crippen molar-refractivity contribution in [2.24, 2.45) is 5.73 Å². The maximum atomic E-state index is 13.2. The number of aryl methyl sites for hydroxylation is 1. The fourth-order valence-corrected chi connectivity index (χ4v) is 4.45. The summed E-state index contributed by atoms with van der Waals surface area (Å²) in [4.78, 5) is 33.7. The number of fused-ring (bicyclic) bond motifs is 1. The van der Waals surface area contributed by atoms with Crippen LogP contribution in [0.25, 0.3) is 22.2 Å². The van der Waals surface area contributed by atoms with Crippen molar-refractivity contribution in [1.29, 1.82) is 0 Å². The highest BCUT2D eigenvalue weighted by Crippen LogP contribution is 2.28. The van der Waals surface area contributed by atoms with Crippen molar-refractivity contribution in [2.45, 2.75) is 39.5 Å². The zero-order valence-electron chi connectivity index (χ0n) is 21.7. The fraction of sp³-hybridized carbons (Fsp3) is 0.414. The minimum absolute atomic E-state index is 0.0447. The third kappa shape index (κ3) is 5.36. The SMILES string of the molecule is CCCOC(=O)N1CCN(C(=O)c2ccc3c(C)cc(-c4ccc(C(C)(C)CN)cc4)nc3c2)CC1. The van der Waals surface area contributed by atoms with E-state index in [9.17, 15) is 9.59 Å². The highest BCUT2D eigenvalue weighted by atomic mass is 16.6. The summed E-state index contributed by atoms with van der Waals surface area (Å²) in [6, 6.07) is 16.2. The molecule has 0 spiro atoms. The molecule has 0 bridgehead atoms. The monoisotopic (exact) mass is 488 g/mol. The van der Waals surface area contributed by atoms with Crippen LogP contribution in [0, 0.1) is 6.92 Å². The largest absolute Gasteiger partial charge is 0.449 e. The fourth-order valence-electron chi connectivity index (χ4n) is 4.45. The Morgan fingerprint density at radius 3 is 2.31 bits per heavy atom. The number of carbonyl (C=O) groups excluding carboxylic acids is 2. The zero-order chi connectivity index (χ0) is 25.9. The van der Waals surface area contributed by atoms with Crippen molar-refractivity contribution < 1.29 is 14.3 Å². The van der Waals surface area contributed by atoms with E-state index in [0.717, 1.165) is 34.1 Å². The molecule has 0 saturated carbocycles. The Hall–Kier alpha value is -3.45. The summed E-state index contributed by atoms with van der Waals surface area (Å²) in [6.07, 6.45) is 0.487. The predicted molar refractivity (Wildman–Crippen MR) is 143 cm³/mol. The van der Waals surface area contributed by atoms with Crippen molar-refractivity contribution in [3.63, 3.8) is 0 Å². The molecule has 36 heavy (non-hydrogen) atoms. The van der Waals surface area contributed by atoms with Gasteiger partial charge in [0, 0.05) is 54.7 Å². The summed E-state index contributed by atoms with van der Waals surface area (Å²) in [5.41, 5.74) is 11.5. The summed E-state index contributed by atoms with van der Waals surface area (Å²) < 4.78 is 5.22. The van der Waals surface area contributed by atoms with E-state index in [1.165, 1.54) is 5.56 Å². The van der Waals surface area contributed by atoms with Gasteiger partial charge in [0.15, 0.2) is 0 Å². The molecule has 1 saturated heterocycles. The van der Waals surface area contributed by atoms with E-state index < -0.39 is 0 Å². The number of carbonyl (C=O) groups is 2. The van der Waals surface area contributed by atoms with Crippen LogP contribution in [0.4, 0.5) is 4.79 Å². The molecule has 4 rings (SSSR count). The summed E-state index contributed by atoms with van der Waals surface area (Å²) >= 11 is 0. The topological polar surface area (TPSA) is 88.8 Å². The third-order valence-corrected chi connectivity index (χ3v) is 6.99. The van der Waals surface area contributed by atoms with E-state index in [4.69, 9.17) is 15.5 Å². The average molecular weight is 489 g/mol. The summed E-state index contributed by atoms with van der Waals surface area (Å²) in [6.45, 7) is 11.2. The molecule has 2 aromatic carbocycles. The smallest absolute Gasteiger partial charge is 0.409 e. The molecule has 1 fully saturated rings. The van der Waals surface area contributed by atoms with Crippen LogP contribution in [0.5, 0.6) is 0 Å². The molecule has 1 aliphatic heterocycles. The van der Waals surface area contributed by atoms with E-state index in [1.54, 1.807) is 9.80 Å². The number of pyridine rings is 1. The Morgan fingerprint density at radius 1 is 1.00 bits per heavy atom. The standard InChI is InChI=1S/C29H36N4O3/c1-5-16-36-28(35)33-14-12-32(13-15-33)27(34)22-8-11-24-20(2)17-25(31-26(24)18-22)21-6-9-23(10-7-21)29(3,4)19-30/h6-11,17-18H,5,12-16,19,30H2,1-4H3. The molecule has 7 heteroatoms. The Labute approximate surface area is 213 Å². The van der Waals surface area contributed by atoms with Gasteiger partial charge >= 0.3 is 6.09 Å². The first-order valence-corrected chi connectivity index (χ1v) is 12.7. The molecule has 0 unspecified atom stereocenters. The lowest BCUT2D eigenvalue weighted by atomic mass is 9.84. The van der Waals surface area contributed by atoms with E-state index in [1.807, 2.05) is 25.1 Å². The van der Waals surface area contributed by atoms with Gasteiger partial charge in [-0.15, -0.1) is 0 Å². The van der Waals surface area contributed by atoms with Gasteiger partial charge in [-0.1, -0.05) is 51.1 Å². The molecule has 0 atom stereocenters. The van der Waals surface area contributed by atoms with Crippen molar-refractivity contribution >= 4 is 22.9 Å². The first kappa shape index (κ1) is 25.6. The number of aromatic nitrogens is 1. The van der Waals surface area contributed by atoms with Gasteiger partial charge in [-0.3, -0.25) is 4.79 Å². The minimum Gasteiger partial charge on any atom is -0.449 e. The molecule has 0 aliphatic carbocycles. The van der Waals surface area contributed by atoms with E-state index in [2.05, 4.69) is 51.1 Å². The number of piperazine rings is 1. The molecule has 0 radical (unpaired) electrons. The van der Waals surface area contributed by atoms with Crippen molar-refractivity contribution in [3.8, 4) is 11.3 Å². The first-order chi connectivity index (χ1) is 17.2. The van der Waals surface area contributed by atoms with Crippen LogP contribution in [0.3, 0.4) is 0 Å². The van der Waals surface area contributed by atoms with E-state index >= 15 is 0 Å². The van der Waals surface area contributed by atoms with Crippen LogP contribution >= 0.6 is 0 Å². The lowest BCUT2D eigenvalue weighted by Crippen LogP contribution is -2.50. The lowest BCUT2D eigenvalue weighted by molar-refractivity contribution is 0.0560. The van der Waals surface area contributed by atoms with Crippen LogP contribution in [0.15, 0.2) is 48.5 Å². The number of benzene rings is 2. The molecule has 2 amide bonds. The molecular weight excluding hydrogens is 452 g/mol. The van der Waals surface area contributed by atoms with Gasteiger partial charge in [-0.2, -0.15) is 0 Å². The quantitative estimate of drug-likeness (QED) is 0.541. The van der Waals surface area contributed by atoms with Crippen LogP contribution < -0.4 is 5.73 Å². The van der Waals surface area contributed by atoms with Gasteiger partial charge in [0.25, 0.3) is 5.91 Å². The molecule has 2 heterocycles. The molecule has 7 nitrogen and oxygen atoms in total. The summed E-state index contributed by atoms with van der Waals surface area (Å²) in [5.74, 6) is -0.0447. The van der Waals surface area contributed by atoms with Crippen LogP contribution in [0.1, 0.15) is 48.7 Å². The Morgan fingerprint density at radius 2 is 1.67 bits per heavy atom. The Balaban J connectivity index is 1.53. The molecular formula is C29H36N4O3. The number of amides is 2. The molecule has 1 aromatic heterocycles. The van der Waals surface area contributed by atoms with Gasteiger partial charge in [0.2, 0.25) is 0 Å². The number of hydrogen-bond donors (Lipinski definition) is 1. The van der Waals surface area contributed by atoms with Crippen molar-refractivity contribution in [2.75, 3.05) is 39.3 Å². The van der Waals surface area contributed by atoms with Crippen molar-refractivity contribution in [1.82, 2.24) is 14.8 Å². The summed E-state index contributed by atoms with van der Waals surface area (Å²) in [7, 11) is 0. The highest BCUT2D eigenvalue weighted by molar-refractivity contribution is 5.98. The number of hydrogen-bond acceptors (Lipinski definition) is 5. The second-order valence-electron chi connectivity index (χ2n) is 10.1. The average Bonchev–Trinajstić information content (AvgIpc) is 2.91. The maximum Gasteiger partial charge on any atom is 0.409 e. The summed E-state index contributed by atoms with van der Waals surface area (Å²) in [5, 5.41) is 1.03. The second-order valence-corrected chi connectivity index (χ2v) is 10.1. The van der Waals surface area contributed by atoms with Crippen LogP contribution in [0.2, 0.25) is 0 Å². The van der Waals surface area contributed by atoms with E-state index in [0.29, 0.717) is 44.9 Å². The minimum atomic E-state index is -0.304. The van der Waals surface area contributed by atoms with Gasteiger partial charge in [0.05, 0.1) is 17.8 Å². The molecule has 190 valence electrons. The third-order valence-electron chi connectivity index (χ3n) is 6.99. The van der Waals surface area contributed by atoms with Crippen LogP contribution in [-0.4, -0.2) is 66.1 Å². The highest BCUT2D eigenvalue weighted by Gasteiger charge is 2.26. The van der Waals surface area contributed by atoms with Gasteiger partial charge in [-0.05, 0) is 42.7 Å². The first-order valence-electron chi connectivity index (χ1n) is 12.7. The molecule has 3 aromatic rings. The maximum absolute atomic E-state index is 13.2. The number of rotatable bonds is 6. The zero-order valence-corrected chi connectivity index (χ0v) is 21.7. The Kier molecular flexibility index (Phi) is 7.59.